The van der Waals surface area contributed by atoms with Crippen molar-refractivity contribution in [2.45, 2.75) is 31.4 Å². The molecule has 2 unspecified atom stereocenters. The maximum Gasteiger partial charge on any atom is 0.135 e. The van der Waals surface area contributed by atoms with Gasteiger partial charge in [-0.2, -0.15) is 0 Å². The second kappa shape index (κ2) is 3.15. The largest absolute Gasteiger partial charge is 0.380 e. The van der Waals surface area contributed by atoms with Gasteiger partial charge >= 0.3 is 0 Å². The molecule has 2 heterocycles. The van der Waals surface area contributed by atoms with Crippen molar-refractivity contribution < 1.29 is 9.53 Å². The van der Waals surface area contributed by atoms with Crippen LogP contribution in [0.2, 0.25) is 0 Å². The lowest BCUT2D eigenvalue weighted by molar-refractivity contribution is -0.123. The van der Waals surface area contributed by atoms with E-state index in [1.165, 1.54) is 0 Å². The van der Waals surface area contributed by atoms with Gasteiger partial charge in [-0.1, -0.05) is 0 Å². The van der Waals surface area contributed by atoms with E-state index in [-0.39, 0.29) is 0 Å². The Balaban J connectivity index is 2.04. The molecule has 0 aromatic heterocycles. The van der Waals surface area contributed by atoms with Gasteiger partial charge in [-0.3, -0.25) is 9.69 Å². The number of fused-ring (bicyclic) bond motifs is 1. The highest BCUT2D eigenvalue weighted by Gasteiger charge is 2.38. The third-order valence-electron chi connectivity index (χ3n) is 3.02. The molecule has 2 aliphatic rings. The van der Waals surface area contributed by atoms with Crippen LogP contribution in [0.15, 0.2) is 0 Å². The average molecular weight is 169 g/mol. The lowest BCUT2D eigenvalue weighted by atomic mass is 10.00. The number of ether oxygens (including phenoxy) is 1. The van der Waals surface area contributed by atoms with Crippen molar-refractivity contribution in [1.82, 2.24) is 4.90 Å². The number of carbonyl (C=O) groups is 1. The number of methoxy groups -OCH3 is 1. The highest BCUT2D eigenvalue weighted by atomic mass is 16.5. The Labute approximate surface area is 72.7 Å². The number of ketones is 1. The summed E-state index contributed by atoms with van der Waals surface area (Å²) in [5.74, 6) is 0.403. The second-order valence-electron chi connectivity index (χ2n) is 3.66. The van der Waals surface area contributed by atoms with Gasteiger partial charge in [-0.25, -0.2) is 0 Å². The van der Waals surface area contributed by atoms with Crippen LogP contribution in [0.4, 0.5) is 0 Å². The minimum Gasteiger partial charge on any atom is -0.380 e. The maximum atomic E-state index is 11.2. The molecule has 0 aliphatic carbocycles. The van der Waals surface area contributed by atoms with Gasteiger partial charge in [0.1, 0.15) is 5.78 Å². The molecule has 0 aromatic rings. The Morgan fingerprint density at radius 3 is 3.08 bits per heavy atom. The van der Waals surface area contributed by atoms with Gasteiger partial charge in [0.2, 0.25) is 0 Å². The van der Waals surface area contributed by atoms with Crippen LogP contribution in [-0.4, -0.2) is 43.0 Å². The van der Waals surface area contributed by atoms with Crippen LogP contribution >= 0.6 is 0 Å². The summed E-state index contributed by atoms with van der Waals surface area (Å²) in [6, 6.07) is 0.385. The molecule has 2 aliphatic heterocycles. The van der Waals surface area contributed by atoms with E-state index in [4.69, 9.17) is 4.74 Å². The summed E-state index contributed by atoms with van der Waals surface area (Å²) in [6.07, 6.45) is 2.84. The first kappa shape index (κ1) is 8.20. The van der Waals surface area contributed by atoms with E-state index in [9.17, 15) is 4.79 Å². The predicted molar refractivity (Wildman–Crippen MR) is 45.0 cm³/mol. The van der Waals surface area contributed by atoms with Crippen LogP contribution in [0.5, 0.6) is 0 Å². The quantitative estimate of drug-likeness (QED) is 0.570. The molecule has 68 valence electrons. The first-order valence-corrected chi connectivity index (χ1v) is 4.60. The van der Waals surface area contributed by atoms with E-state index in [0.29, 0.717) is 24.3 Å². The third kappa shape index (κ3) is 1.27. The minimum atomic E-state index is 0.300. The molecule has 0 bridgehead atoms. The third-order valence-corrected chi connectivity index (χ3v) is 3.02. The van der Waals surface area contributed by atoms with Crippen LogP contribution in [0, 0.1) is 0 Å². The highest BCUT2D eigenvalue weighted by Crippen LogP contribution is 2.26. The van der Waals surface area contributed by atoms with Crippen LogP contribution in [0.25, 0.3) is 0 Å². The van der Waals surface area contributed by atoms with E-state index >= 15 is 0 Å². The molecule has 0 aromatic carbocycles. The Morgan fingerprint density at radius 2 is 2.33 bits per heavy atom. The van der Waals surface area contributed by atoms with Gasteiger partial charge in [0.15, 0.2) is 0 Å². The van der Waals surface area contributed by atoms with Crippen molar-refractivity contribution in [3.8, 4) is 0 Å². The molecule has 3 heteroatoms. The molecule has 2 atom stereocenters. The molecule has 0 spiro atoms. The van der Waals surface area contributed by atoms with Crippen LogP contribution < -0.4 is 0 Å². The second-order valence-corrected chi connectivity index (χ2v) is 3.66. The van der Waals surface area contributed by atoms with Crippen molar-refractivity contribution in [1.29, 1.82) is 0 Å². The van der Waals surface area contributed by atoms with Crippen molar-refractivity contribution in [2.75, 3.05) is 20.2 Å². The molecule has 0 saturated carbocycles. The first-order valence-electron chi connectivity index (χ1n) is 4.60. The van der Waals surface area contributed by atoms with Gasteiger partial charge < -0.3 is 4.74 Å². The van der Waals surface area contributed by atoms with Gasteiger partial charge in [-0.05, 0) is 6.42 Å². The Hall–Kier alpha value is -0.410. The standard InChI is InChI=1S/C9H15NO2/c1-12-9-3-5-10-4-2-7(11)6-8(9)10/h8-9H,2-6H2,1H3. The van der Waals surface area contributed by atoms with E-state index in [2.05, 4.69) is 4.90 Å². The van der Waals surface area contributed by atoms with Gasteiger partial charge in [0, 0.05) is 39.1 Å². The number of rotatable bonds is 1. The molecule has 0 N–H and O–H groups in total. The topological polar surface area (TPSA) is 29.5 Å². The Bertz CT molecular complexity index is 187. The summed E-state index contributed by atoms with van der Waals surface area (Å²) >= 11 is 0. The van der Waals surface area contributed by atoms with Crippen molar-refractivity contribution in [3.63, 3.8) is 0 Å². The van der Waals surface area contributed by atoms with Crippen molar-refractivity contribution in [2.24, 2.45) is 0 Å². The maximum absolute atomic E-state index is 11.2. The summed E-state index contributed by atoms with van der Waals surface area (Å²) in [5, 5.41) is 0. The van der Waals surface area contributed by atoms with Gasteiger partial charge in [-0.15, -0.1) is 0 Å². The summed E-state index contributed by atoms with van der Waals surface area (Å²) < 4.78 is 5.34. The number of piperidine rings is 1. The summed E-state index contributed by atoms with van der Waals surface area (Å²) in [7, 11) is 1.74. The monoisotopic (exact) mass is 169 g/mol. The molecule has 0 radical (unpaired) electrons. The molecule has 2 saturated heterocycles. The fraction of sp³-hybridized carbons (Fsp3) is 0.889. The normalized spacial score (nSPS) is 36.9. The van der Waals surface area contributed by atoms with Crippen LogP contribution in [0.3, 0.4) is 0 Å². The number of Topliss-reactive ketones (excluding diaryl/α,β-unsaturated/α-hetero) is 1. The van der Waals surface area contributed by atoms with E-state index in [1.54, 1.807) is 7.11 Å². The molecular formula is C9H15NO2. The number of carbonyl (C=O) groups excluding carboxylic acids is 1. The minimum absolute atomic E-state index is 0.300. The lowest BCUT2D eigenvalue weighted by Gasteiger charge is -2.30. The lowest BCUT2D eigenvalue weighted by Crippen LogP contribution is -2.42. The van der Waals surface area contributed by atoms with E-state index in [1.807, 2.05) is 0 Å². The van der Waals surface area contributed by atoms with Crippen LogP contribution in [-0.2, 0) is 9.53 Å². The van der Waals surface area contributed by atoms with E-state index in [0.717, 1.165) is 25.9 Å². The van der Waals surface area contributed by atoms with Crippen molar-refractivity contribution >= 4 is 5.78 Å². The van der Waals surface area contributed by atoms with E-state index < -0.39 is 0 Å². The summed E-state index contributed by atoms with van der Waals surface area (Å²) in [6.45, 7) is 2.06. The fourth-order valence-corrected chi connectivity index (χ4v) is 2.30. The molecular weight excluding hydrogens is 154 g/mol. The Kier molecular flexibility index (Phi) is 2.15. The number of hydrogen-bond donors (Lipinski definition) is 0. The average Bonchev–Trinajstić information content (AvgIpc) is 2.46. The van der Waals surface area contributed by atoms with Crippen molar-refractivity contribution in [3.05, 3.63) is 0 Å². The fourth-order valence-electron chi connectivity index (χ4n) is 2.30. The summed E-state index contributed by atoms with van der Waals surface area (Å²) in [5.41, 5.74) is 0. The highest BCUT2D eigenvalue weighted by molar-refractivity contribution is 5.80. The SMILES string of the molecule is COC1CCN2CCC(=O)CC12. The predicted octanol–water partition coefficient (Wildman–Crippen LogP) is 0.439. The zero-order valence-electron chi connectivity index (χ0n) is 7.45. The zero-order valence-corrected chi connectivity index (χ0v) is 7.45. The zero-order chi connectivity index (χ0) is 8.55. The number of nitrogens with zero attached hydrogens (tertiary/aromatic N) is 1. The molecule has 2 rings (SSSR count). The summed E-state index contributed by atoms with van der Waals surface area (Å²) in [4.78, 5) is 13.6. The molecule has 3 nitrogen and oxygen atoms in total. The van der Waals surface area contributed by atoms with Gasteiger partial charge in [0.05, 0.1) is 6.10 Å². The molecule has 2 fully saturated rings. The Morgan fingerprint density at radius 1 is 1.50 bits per heavy atom. The smallest absolute Gasteiger partial charge is 0.135 e. The first-order chi connectivity index (χ1) is 5.81. The molecule has 12 heavy (non-hydrogen) atoms. The van der Waals surface area contributed by atoms with Crippen LogP contribution in [0.1, 0.15) is 19.3 Å². The number of hydrogen-bond acceptors (Lipinski definition) is 3. The van der Waals surface area contributed by atoms with Gasteiger partial charge in [0.25, 0.3) is 0 Å². The molecule has 0 amide bonds.